The van der Waals surface area contributed by atoms with Crippen LogP contribution >= 0.6 is 0 Å². The van der Waals surface area contributed by atoms with Crippen molar-refractivity contribution in [3.05, 3.63) is 42.5 Å². The average Bonchev–Trinajstić information content (AvgIpc) is 2.89. The van der Waals surface area contributed by atoms with Crippen molar-refractivity contribution in [1.82, 2.24) is 10.2 Å². The molecule has 4 amide bonds. The predicted molar refractivity (Wildman–Crippen MR) is 103 cm³/mol. The molecule has 27 heavy (non-hydrogen) atoms. The maximum atomic E-state index is 13.0. The lowest BCUT2D eigenvalue weighted by Crippen LogP contribution is -2.54. The van der Waals surface area contributed by atoms with Gasteiger partial charge in [-0.25, -0.2) is 4.79 Å². The Balaban J connectivity index is 1.51. The number of amides is 4. The summed E-state index contributed by atoms with van der Waals surface area (Å²) in [5.41, 5.74) is -0.166. The summed E-state index contributed by atoms with van der Waals surface area (Å²) in [5.74, 6) is -0.572. The summed E-state index contributed by atoms with van der Waals surface area (Å²) in [7, 11) is 0. The van der Waals surface area contributed by atoms with Crippen molar-refractivity contribution in [1.29, 1.82) is 0 Å². The number of fused-ring (bicyclic) bond motifs is 1. The van der Waals surface area contributed by atoms with Gasteiger partial charge in [0.05, 0.1) is 0 Å². The first-order valence-corrected chi connectivity index (χ1v) is 9.43. The number of carbonyl (C=O) groups is 3. The molecule has 2 aromatic rings. The van der Waals surface area contributed by atoms with Crippen LogP contribution in [0.2, 0.25) is 0 Å². The van der Waals surface area contributed by atoms with E-state index in [1.54, 1.807) is 0 Å². The number of urea groups is 1. The molecule has 1 heterocycles. The molecule has 140 valence electrons. The minimum Gasteiger partial charge on any atom is -0.324 e. The highest BCUT2D eigenvalue weighted by Crippen LogP contribution is 2.38. The number of hydrogen-bond acceptors (Lipinski definition) is 3. The molecule has 1 aliphatic heterocycles. The fourth-order valence-corrected chi connectivity index (χ4v) is 4.31. The minimum atomic E-state index is -0.838. The highest BCUT2D eigenvalue weighted by Gasteiger charge is 2.55. The summed E-state index contributed by atoms with van der Waals surface area (Å²) < 4.78 is 0. The lowest BCUT2D eigenvalue weighted by molar-refractivity contribution is -0.136. The third-order valence-electron chi connectivity index (χ3n) is 5.87. The first kappa shape index (κ1) is 17.5. The van der Waals surface area contributed by atoms with Crippen LogP contribution in [0, 0.1) is 5.92 Å². The van der Waals surface area contributed by atoms with Gasteiger partial charge in [0.25, 0.3) is 5.91 Å². The zero-order chi connectivity index (χ0) is 19.0. The number of carbonyl (C=O) groups excluding carboxylic acids is 3. The SMILES string of the molecule is C[C@@H]1CCCC[C@@]12NC(=O)N(CC(=O)Nc1cccc3ccccc13)C2=O. The van der Waals surface area contributed by atoms with Crippen LogP contribution in [-0.4, -0.2) is 34.8 Å². The van der Waals surface area contributed by atoms with Crippen molar-refractivity contribution in [3.63, 3.8) is 0 Å². The fraction of sp³-hybridized carbons (Fsp3) is 0.381. The van der Waals surface area contributed by atoms with Crippen molar-refractivity contribution in [2.45, 2.75) is 38.1 Å². The lowest BCUT2D eigenvalue weighted by Gasteiger charge is -2.36. The van der Waals surface area contributed by atoms with Gasteiger partial charge in [-0.2, -0.15) is 0 Å². The van der Waals surface area contributed by atoms with E-state index in [0.717, 1.165) is 34.9 Å². The van der Waals surface area contributed by atoms with Crippen LogP contribution in [0.4, 0.5) is 10.5 Å². The van der Waals surface area contributed by atoms with Crippen molar-refractivity contribution < 1.29 is 14.4 Å². The third-order valence-corrected chi connectivity index (χ3v) is 5.87. The molecule has 0 radical (unpaired) electrons. The Kier molecular flexibility index (Phi) is 4.34. The van der Waals surface area contributed by atoms with Gasteiger partial charge in [0.2, 0.25) is 5.91 Å². The highest BCUT2D eigenvalue weighted by molar-refractivity contribution is 6.11. The molecule has 2 atom stereocenters. The number of hydrogen-bond donors (Lipinski definition) is 2. The molecule has 4 rings (SSSR count). The van der Waals surface area contributed by atoms with Gasteiger partial charge in [-0.05, 0) is 30.2 Å². The molecule has 2 fully saturated rings. The maximum absolute atomic E-state index is 13.0. The van der Waals surface area contributed by atoms with Gasteiger partial charge >= 0.3 is 6.03 Å². The molecule has 0 aromatic heterocycles. The Hall–Kier alpha value is -2.89. The van der Waals surface area contributed by atoms with E-state index in [1.165, 1.54) is 0 Å². The largest absolute Gasteiger partial charge is 0.325 e. The number of anilines is 1. The van der Waals surface area contributed by atoms with Crippen molar-refractivity contribution in [2.75, 3.05) is 11.9 Å². The van der Waals surface area contributed by atoms with Crippen LogP contribution < -0.4 is 10.6 Å². The summed E-state index contributed by atoms with van der Waals surface area (Å²) in [6, 6.07) is 12.9. The predicted octanol–water partition coefficient (Wildman–Crippen LogP) is 3.28. The van der Waals surface area contributed by atoms with Gasteiger partial charge in [-0.15, -0.1) is 0 Å². The Bertz CT molecular complexity index is 921. The van der Waals surface area contributed by atoms with Crippen LogP contribution in [0.3, 0.4) is 0 Å². The zero-order valence-electron chi connectivity index (χ0n) is 15.3. The first-order valence-electron chi connectivity index (χ1n) is 9.43. The fourth-order valence-electron chi connectivity index (χ4n) is 4.31. The second kappa shape index (κ2) is 6.68. The van der Waals surface area contributed by atoms with E-state index in [2.05, 4.69) is 10.6 Å². The second-order valence-corrected chi connectivity index (χ2v) is 7.51. The number of nitrogens with zero attached hydrogens (tertiary/aromatic N) is 1. The standard InChI is InChI=1S/C21H23N3O3/c1-14-7-4-5-12-21(14)19(26)24(20(27)23-21)13-18(25)22-17-11-6-9-15-8-2-3-10-16(15)17/h2-3,6,8-11,14H,4-5,7,12-13H2,1H3,(H,22,25)(H,23,27)/t14-,21-/m1/s1. The molecule has 6 nitrogen and oxygen atoms in total. The molecular formula is C21H23N3O3. The smallest absolute Gasteiger partial charge is 0.324 e. The molecule has 2 N–H and O–H groups in total. The number of nitrogens with one attached hydrogen (secondary N) is 2. The summed E-state index contributed by atoms with van der Waals surface area (Å²) in [5, 5.41) is 7.65. The van der Waals surface area contributed by atoms with Crippen molar-refractivity contribution in [3.8, 4) is 0 Å². The Labute approximate surface area is 157 Å². The van der Waals surface area contributed by atoms with Gasteiger partial charge < -0.3 is 10.6 Å². The minimum absolute atomic E-state index is 0.0776. The lowest BCUT2D eigenvalue weighted by atomic mass is 9.73. The summed E-state index contributed by atoms with van der Waals surface area (Å²) in [4.78, 5) is 39.0. The number of rotatable bonds is 3. The molecule has 1 aliphatic carbocycles. The van der Waals surface area contributed by atoms with Crippen LogP contribution in [-0.2, 0) is 9.59 Å². The maximum Gasteiger partial charge on any atom is 0.325 e. The molecule has 6 heteroatoms. The molecule has 1 saturated carbocycles. The first-order chi connectivity index (χ1) is 13.0. The van der Waals surface area contributed by atoms with Crippen LogP contribution in [0.25, 0.3) is 10.8 Å². The highest BCUT2D eigenvalue weighted by atomic mass is 16.2. The van der Waals surface area contributed by atoms with Crippen LogP contribution in [0.5, 0.6) is 0 Å². The van der Waals surface area contributed by atoms with Gasteiger partial charge in [-0.3, -0.25) is 14.5 Å². The summed E-state index contributed by atoms with van der Waals surface area (Å²) in [6.07, 6.45) is 3.52. The quantitative estimate of drug-likeness (QED) is 0.820. The zero-order valence-corrected chi connectivity index (χ0v) is 15.3. The molecule has 2 aromatic carbocycles. The number of imide groups is 1. The molecule has 1 saturated heterocycles. The van der Waals surface area contributed by atoms with E-state index in [4.69, 9.17) is 0 Å². The molecule has 0 bridgehead atoms. The summed E-state index contributed by atoms with van der Waals surface area (Å²) in [6.45, 7) is 1.72. The molecule has 2 aliphatic rings. The molecule has 0 unspecified atom stereocenters. The third kappa shape index (κ3) is 2.95. The second-order valence-electron chi connectivity index (χ2n) is 7.51. The van der Waals surface area contributed by atoms with E-state index >= 15 is 0 Å². The van der Waals surface area contributed by atoms with E-state index in [9.17, 15) is 14.4 Å². The van der Waals surface area contributed by atoms with E-state index < -0.39 is 11.6 Å². The Morgan fingerprint density at radius 3 is 2.78 bits per heavy atom. The molecule has 1 spiro atoms. The summed E-state index contributed by atoms with van der Waals surface area (Å²) >= 11 is 0. The van der Waals surface area contributed by atoms with Crippen molar-refractivity contribution >= 4 is 34.3 Å². The van der Waals surface area contributed by atoms with Gasteiger partial charge in [-0.1, -0.05) is 56.2 Å². The Morgan fingerprint density at radius 1 is 1.19 bits per heavy atom. The normalized spacial score (nSPS) is 25.1. The van der Waals surface area contributed by atoms with Gasteiger partial charge in [0, 0.05) is 11.1 Å². The van der Waals surface area contributed by atoms with Gasteiger partial charge in [0.15, 0.2) is 0 Å². The Morgan fingerprint density at radius 2 is 1.96 bits per heavy atom. The average molecular weight is 365 g/mol. The molecular weight excluding hydrogens is 342 g/mol. The van der Waals surface area contributed by atoms with Crippen molar-refractivity contribution in [2.24, 2.45) is 5.92 Å². The van der Waals surface area contributed by atoms with Crippen LogP contribution in [0.1, 0.15) is 32.6 Å². The van der Waals surface area contributed by atoms with E-state index in [0.29, 0.717) is 12.1 Å². The van der Waals surface area contributed by atoms with E-state index in [1.807, 2.05) is 49.4 Å². The van der Waals surface area contributed by atoms with E-state index in [-0.39, 0.29) is 24.3 Å². The topological polar surface area (TPSA) is 78.5 Å². The van der Waals surface area contributed by atoms with Gasteiger partial charge in [0.1, 0.15) is 12.1 Å². The number of benzene rings is 2. The monoisotopic (exact) mass is 365 g/mol. The van der Waals surface area contributed by atoms with Crippen LogP contribution in [0.15, 0.2) is 42.5 Å².